The maximum Gasteiger partial charge on any atom is 0.241 e. The molecule has 0 aliphatic rings. The minimum absolute atomic E-state index is 0.0434. The summed E-state index contributed by atoms with van der Waals surface area (Å²) < 4.78 is 13.0. The van der Waals surface area contributed by atoms with E-state index in [4.69, 9.17) is 0 Å². The van der Waals surface area contributed by atoms with Crippen LogP contribution in [0.15, 0.2) is 54.6 Å². The summed E-state index contributed by atoms with van der Waals surface area (Å²) in [5, 5.41) is 2.92. The van der Waals surface area contributed by atoms with Crippen LogP contribution in [0, 0.1) is 5.82 Å². The van der Waals surface area contributed by atoms with Gasteiger partial charge >= 0.3 is 0 Å². The number of halogens is 1. The van der Waals surface area contributed by atoms with E-state index in [-0.39, 0.29) is 18.3 Å². The van der Waals surface area contributed by atoms with Crippen molar-refractivity contribution in [3.8, 4) is 0 Å². The maximum absolute atomic E-state index is 13.0. The lowest BCUT2D eigenvalue weighted by Gasteiger charge is -2.18. The average molecular weight is 272 g/mol. The molecule has 0 spiro atoms. The smallest absolute Gasteiger partial charge is 0.241 e. The van der Waals surface area contributed by atoms with Crippen LogP contribution < -0.4 is 5.32 Å². The van der Waals surface area contributed by atoms with E-state index in [2.05, 4.69) is 5.32 Å². The van der Waals surface area contributed by atoms with Crippen LogP contribution in [0.3, 0.4) is 0 Å². The Bertz CT molecular complexity index is 572. The first-order chi connectivity index (χ1) is 9.65. The molecule has 0 fully saturated rings. The van der Waals surface area contributed by atoms with Crippen molar-refractivity contribution < 1.29 is 9.18 Å². The highest BCUT2D eigenvalue weighted by Gasteiger charge is 2.08. The Morgan fingerprint density at radius 2 is 1.90 bits per heavy atom. The summed E-state index contributed by atoms with van der Waals surface area (Å²) in [6.45, 7) is 0.706. The Hall–Kier alpha value is -2.36. The number of rotatable bonds is 5. The molecule has 1 amide bonds. The molecule has 3 nitrogen and oxygen atoms in total. The molecule has 4 heteroatoms. The van der Waals surface area contributed by atoms with E-state index in [9.17, 15) is 9.18 Å². The number of anilines is 1. The fourth-order valence-electron chi connectivity index (χ4n) is 1.86. The lowest BCUT2D eigenvalue weighted by molar-refractivity contribution is -0.128. The van der Waals surface area contributed by atoms with Gasteiger partial charge in [0, 0.05) is 19.3 Å². The number of nitrogens with one attached hydrogen (secondary N) is 1. The zero-order valence-corrected chi connectivity index (χ0v) is 11.3. The molecule has 0 aliphatic carbocycles. The van der Waals surface area contributed by atoms with Crippen molar-refractivity contribution in [3.05, 3.63) is 66.0 Å². The van der Waals surface area contributed by atoms with Gasteiger partial charge in [-0.15, -0.1) is 0 Å². The summed E-state index contributed by atoms with van der Waals surface area (Å²) in [6.07, 6.45) is 0. The molecule has 0 saturated carbocycles. The normalized spacial score (nSPS) is 10.1. The highest BCUT2D eigenvalue weighted by atomic mass is 19.1. The SMILES string of the molecule is CN(Cc1ccccc1)C(=O)CNc1cccc(F)c1. The third kappa shape index (κ3) is 4.09. The van der Waals surface area contributed by atoms with Gasteiger partial charge in [-0.1, -0.05) is 36.4 Å². The summed E-state index contributed by atoms with van der Waals surface area (Å²) in [6, 6.07) is 15.9. The number of nitrogens with zero attached hydrogens (tertiary/aromatic N) is 1. The number of carbonyl (C=O) groups is 1. The van der Waals surface area contributed by atoms with Crippen LogP contribution in [-0.2, 0) is 11.3 Å². The van der Waals surface area contributed by atoms with Crippen LogP contribution in [-0.4, -0.2) is 24.4 Å². The number of likely N-dealkylation sites (N-methyl/N-ethyl adjacent to an activating group) is 1. The van der Waals surface area contributed by atoms with E-state index in [1.54, 1.807) is 24.1 Å². The summed E-state index contributed by atoms with van der Waals surface area (Å²) in [5.41, 5.74) is 1.68. The minimum atomic E-state index is -0.319. The van der Waals surface area contributed by atoms with Crippen molar-refractivity contribution in [3.63, 3.8) is 0 Å². The molecule has 0 aromatic heterocycles. The Balaban J connectivity index is 1.85. The predicted molar refractivity (Wildman–Crippen MR) is 77.8 cm³/mol. The van der Waals surface area contributed by atoms with Gasteiger partial charge in [0.25, 0.3) is 0 Å². The zero-order valence-electron chi connectivity index (χ0n) is 11.3. The van der Waals surface area contributed by atoms with E-state index in [0.717, 1.165) is 5.56 Å². The van der Waals surface area contributed by atoms with Crippen molar-refractivity contribution in [1.29, 1.82) is 0 Å². The number of hydrogen-bond donors (Lipinski definition) is 1. The summed E-state index contributed by atoms with van der Waals surface area (Å²) >= 11 is 0. The van der Waals surface area contributed by atoms with Crippen LogP contribution in [0.5, 0.6) is 0 Å². The Labute approximate surface area is 118 Å². The molecule has 0 atom stereocenters. The zero-order chi connectivity index (χ0) is 14.4. The third-order valence-electron chi connectivity index (χ3n) is 2.96. The van der Waals surface area contributed by atoms with Gasteiger partial charge in [-0.25, -0.2) is 4.39 Å². The van der Waals surface area contributed by atoms with Gasteiger partial charge in [-0.05, 0) is 23.8 Å². The Morgan fingerprint density at radius 3 is 2.60 bits per heavy atom. The molecule has 0 radical (unpaired) electrons. The van der Waals surface area contributed by atoms with Gasteiger partial charge in [-0.3, -0.25) is 4.79 Å². The van der Waals surface area contributed by atoms with Gasteiger partial charge in [0.2, 0.25) is 5.91 Å². The lowest BCUT2D eigenvalue weighted by atomic mass is 10.2. The molecule has 0 heterocycles. The van der Waals surface area contributed by atoms with E-state index >= 15 is 0 Å². The molecule has 104 valence electrons. The van der Waals surface area contributed by atoms with Crippen LogP contribution in [0.1, 0.15) is 5.56 Å². The van der Waals surface area contributed by atoms with Crippen molar-refractivity contribution in [2.24, 2.45) is 0 Å². The second kappa shape index (κ2) is 6.70. The van der Waals surface area contributed by atoms with Crippen molar-refractivity contribution >= 4 is 11.6 Å². The number of hydrogen-bond acceptors (Lipinski definition) is 2. The number of carbonyl (C=O) groups excluding carboxylic acids is 1. The Morgan fingerprint density at radius 1 is 1.15 bits per heavy atom. The van der Waals surface area contributed by atoms with Crippen molar-refractivity contribution in [2.75, 3.05) is 18.9 Å². The molecule has 0 bridgehead atoms. The van der Waals surface area contributed by atoms with E-state index in [1.165, 1.54) is 12.1 Å². The van der Waals surface area contributed by atoms with Gasteiger partial charge in [0.05, 0.1) is 6.54 Å². The van der Waals surface area contributed by atoms with Crippen molar-refractivity contribution in [2.45, 2.75) is 6.54 Å². The summed E-state index contributed by atoms with van der Waals surface area (Å²) in [4.78, 5) is 13.6. The molecule has 2 rings (SSSR count). The Kier molecular flexibility index (Phi) is 4.71. The first kappa shape index (κ1) is 14.1. The predicted octanol–water partition coefficient (Wildman–Crippen LogP) is 2.90. The van der Waals surface area contributed by atoms with Crippen molar-refractivity contribution in [1.82, 2.24) is 4.90 Å². The molecule has 20 heavy (non-hydrogen) atoms. The molecular weight excluding hydrogens is 255 g/mol. The van der Waals surface area contributed by atoms with Gasteiger partial charge in [0.15, 0.2) is 0 Å². The number of amides is 1. The van der Waals surface area contributed by atoms with E-state index in [1.807, 2.05) is 30.3 Å². The van der Waals surface area contributed by atoms with E-state index in [0.29, 0.717) is 12.2 Å². The maximum atomic E-state index is 13.0. The van der Waals surface area contributed by atoms with Gasteiger partial charge in [0.1, 0.15) is 5.82 Å². The largest absolute Gasteiger partial charge is 0.376 e. The molecule has 0 saturated heterocycles. The summed E-state index contributed by atoms with van der Waals surface area (Å²) in [7, 11) is 1.75. The molecule has 0 aliphatic heterocycles. The van der Waals surface area contributed by atoms with Crippen LogP contribution >= 0.6 is 0 Å². The highest BCUT2D eigenvalue weighted by Crippen LogP contribution is 2.09. The second-order valence-electron chi connectivity index (χ2n) is 4.60. The first-order valence-corrected chi connectivity index (χ1v) is 6.42. The van der Waals surface area contributed by atoms with Crippen LogP contribution in [0.2, 0.25) is 0 Å². The molecule has 0 unspecified atom stereocenters. The molecule has 2 aromatic carbocycles. The van der Waals surface area contributed by atoms with Gasteiger partial charge < -0.3 is 10.2 Å². The van der Waals surface area contributed by atoms with Crippen LogP contribution in [0.25, 0.3) is 0 Å². The topological polar surface area (TPSA) is 32.3 Å². The third-order valence-corrected chi connectivity index (χ3v) is 2.96. The quantitative estimate of drug-likeness (QED) is 0.907. The highest BCUT2D eigenvalue weighted by molar-refractivity contribution is 5.80. The van der Waals surface area contributed by atoms with E-state index < -0.39 is 0 Å². The average Bonchev–Trinajstić information content (AvgIpc) is 2.46. The molecular formula is C16H17FN2O. The van der Waals surface area contributed by atoms with Gasteiger partial charge in [-0.2, -0.15) is 0 Å². The second-order valence-corrected chi connectivity index (χ2v) is 4.60. The van der Waals surface area contributed by atoms with Crippen LogP contribution in [0.4, 0.5) is 10.1 Å². The fraction of sp³-hybridized carbons (Fsp3) is 0.188. The fourth-order valence-corrected chi connectivity index (χ4v) is 1.86. The summed E-state index contributed by atoms with van der Waals surface area (Å²) in [5.74, 6) is -0.363. The standard InChI is InChI=1S/C16H17FN2O/c1-19(12-13-6-3-2-4-7-13)16(20)11-18-15-9-5-8-14(17)10-15/h2-10,18H,11-12H2,1H3. The lowest BCUT2D eigenvalue weighted by Crippen LogP contribution is -2.31. The number of benzene rings is 2. The minimum Gasteiger partial charge on any atom is -0.376 e. The molecule has 2 aromatic rings. The molecule has 1 N–H and O–H groups in total. The first-order valence-electron chi connectivity index (χ1n) is 6.42. The monoisotopic (exact) mass is 272 g/mol.